The van der Waals surface area contributed by atoms with Crippen LogP contribution in [0.3, 0.4) is 0 Å². The Hall–Kier alpha value is -1.65. The molecule has 0 saturated carbocycles. The van der Waals surface area contributed by atoms with E-state index >= 15 is 0 Å². The summed E-state index contributed by atoms with van der Waals surface area (Å²) in [6, 6.07) is 15.1. The van der Waals surface area contributed by atoms with E-state index in [-0.39, 0.29) is 28.9 Å². The fourth-order valence-electron chi connectivity index (χ4n) is 2.65. The van der Waals surface area contributed by atoms with E-state index in [1.54, 1.807) is 24.3 Å². The minimum atomic E-state index is -3.41. The molecule has 0 radical (unpaired) electrons. The molecule has 0 unspecified atom stereocenters. The van der Waals surface area contributed by atoms with E-state index in [1.807, 2.05) is 26.1 Å². The number of aryl methyl sites for hydroxylation is 1. The van der Waals surface area contributed by atoms with Gasteiger partial charge in [0.05, 0.1) is 11.4 Å². The molecule has 0 atom stereocenters. The molecule has 0 aliphatic heterocycles. The van der Waals surface area contributed by atoms with Gasteiger partial charge in [0.15, 0.2) is 5.96 Å². The van der Waals surface area contributed by atoms with Crippen molar-refractivity contribution in [2.24, 2.45) is 4.99 Å². The number of aliphatic imine (C=N–C) groups is 1. The van der Waals surface area contributed by atoms with Gasteiger partial charge in [0.2, 0.25) is 10.0 Å². The lowest BCUT2D eigenvalue weighted by molar-refractivity contribution is 0.475. The summed E-state index contributed by atoms with van der Waals surface area (Å²) in [4.78, 5) is 7.03. The summed E-state index contributed by atoms with van der Waals surface area (Å²) in [7, 11) is 0.000369. The minimum Gasteiger partial charge on any atom is -0.357 e. The molecule has 0 bridgehead atoms. The predicted molar refractivity (Wildman–Crippen MR) is 126 cm³/mol. The quantitative estimate of drug-likeness (QED) is 0.337. The molecule has 0 spiro atoms. The van der Waals surface area contributed by atoms with Crippen molar-refractivity contribution in [3.05, 3.63) is 65.2 Å². The molecule has 2 aromatic rings. The van der Waals surface area contributed by atoms with Gasteiger partial charge in [-0.25, -0.2) is 18.1 Å². The van der Waals surface area contributed by atoms with Crippen LogP contribution in [-0.4, -0.2) is 39.9 Å². The second kappa shape index (κ2) is 11.4. The van der Waals surface area contributed by atoms with Gasteiger partial charge < -0.3 is 10.2 Å². The standard InChI is InChI=1S/C20H28N4O2S.HI/c1-5-22-20(24(4)15-18-9-7-6-8-16(18)2)23-14-17-10-12-19(13-11-17)27(25,26)21-3;/h6-13,21H,5,14-15H2,1-4H3,(H,22,23);1H. The van der Waals surface area contributed by atoms with Crippen LogP contribution >= 0.6 is 24.0 Å². The highest BCUT2D eigenvalue weighted by molar-refractivity contribution is 14.0. The maximum atomic E-state index is 11.8. The SMILES string of the molecule is CCNC(=NCc1ccc(S(=O)(=O)NC)cc1)N(C)Cc1ccccc1C.I. The molecule has 6 nitrogen and oxygen atoms in total. The first kappa shape index (κ1) is 24.4. The van der Waals surface area contributed by atoms with Crippen LogP contribution in [0, 0.1) is 6.92 Å². The first-order valence-corrected chi connectivity index (χ1v) is 10.4. The minimum absolute atomic E-state index is 0. The molecule has 0 aromatic heterocycles. The van der Waals surface area contributed by atoms with Gasteiger partial charge in [-0.3, -0.25) is 0 Å². The Bertz CT molecular complexity index is 883. The molecule has 28 heavy (non-hydrogen) atoms. The summed E-state index contributed by atoms with van der Waals surface area (Å²) in [6.07, 6.45) is 0. The number of guanidine groups is 1. The summed E-state index contributed by atoms with van der Waals surface area (Å²) in [5.41, 5.74) is 3.46. The van der Waals surface area contributed by atoms with Crippen LogP contribution in [0.15, 0.2) is 58.4 Å². The first-order valence-electron chi connectivity index (χ1n) is 8.93. The van der Waals surface area contributed by atoms with Crippen molar-refractivity contribution in [1.29, 1.82) is 0 Å². The van der Waals surface area contributed by atoms with Crippen molar-refractivity contribution >= 4 is 40.0 Å². The molecule has 0 heterocycles. The molecule has 2 aromatic carbocycles. The van der Waals surface area contributed by atoms with Crippen molar-refractivity contribution in [2.75, 3.05) is 20.6 Å². The van der Waals surface area contributed by atoms with Crippen LogP contribution in [0.2, 0.25) is 0 Å². The fraction of sp³-hybridized carbons (Fsp3) is 0.350. The Labute approximate surface area is 185 Å². The number of halogens is 1. The summed E-state index contributed by atoms with van der Waals surface area (Å²) in [6.45, 7) is 6.15. The number of benzene rings is 2. The van der Waals surface area contributed by atoms with Crippen molar-refractivity contribution in [2.45, 2.75) is 31.8 Å². The van der Waals surface area contributed by atoms with Crippen molar-refractivity contribution in [3.63, 3.8) is 0 Å². The number of rotatable bonds is 7. The second-order valence-electron chi connectivity index (χ2n) is 6.30. The molecule has 0 aliphatic rings. The summed E-state index contributed by atoms with van der Waals surface area (Å²) >= 11 is 0. The Morgan fingerprint density at radius 3 is 2.32 bits per heavy atom. The van der Waals surface area contributed by atoms with Crippen LogP contribution in [0.1, 0.15) is 23.6 Å². The van der Waals surface area contributed by atoms with Crippen LogP contribution in [0.5, 0.6) is 0 Å². The average molecular weight is 516 g/mol. The lowest BCUT2D eigenvalue weighted by atomic mass is 10.1. The summed E-state index contributed by atoms with van der Waals surface area (Å²) < 4.78 is 25.9. The number of nitrogens with zero attached hydrogens (tertiary/aromatic N) is 2. The molecule has 2 rings (SSSR count). The van der Waals surface area contributed by atoms with E-state index < -0.39 is 10.0 Å². The molecule has 0 aliphatic carbocycles. The Balaban J connectivity index is 0.00000392. The topological polar surface area (TPSA) is 73.8 Å². The van der Waals surface area contributed by atoms with Crippen molar-refractivity contribution < 1.29 is 8.42 Å². The Kier molecular flexibility index (Phi) is 9.91. The fourth-order valence-corrected chi connectivity index (χ4v) is 3.38. The third kappa shape index (κ3) is 6.75. The molecule has 0 fully saturated rings. The number of sulfonamides is 1. The molecule has 154 valence electrons. The van der Waals surface area contributed by atoms with E-state index in [0.29, 0.717) is 6.54 Å². The number of hydrogen-bond acceptors (Lipinski definition) is 3. The molecular formula is C20H29IN4O2S. The molecule has 0 saturated heterocycles. The van der Waals surface area contributed by atoms with Crippen LogP contribution in [0.4, 0.5) is 0 Å². The van der Waals surface area contributed by atoms with Gasteiger partial charge in [0.1, 0.15) is 0 Å². The highest BCUT2D eigenvalue weighted by atomic mass is 127. The zero-order chi connectivity index (χ0) is 19.9. The lowest BCUT2D eigenvalue weighted by Crippen LogP contribution is -2.38. The normalized spacial score (nSPS) is 11.6. The summed E-state index contributed by atoms with van der Waals surface area (Å²) in [5, 5.41) is 3.31. The highest BCUT2D eigenvalue weighted by Crippen LogP contribution is 2.12. The smallest absolute Gasteiger partial charge is 0.240 e. The van der Waals surface area contributed by atoms with Crippen molar-refractivity contribution in [3.8, 4) is 0 Å². The van der Waals surface area contributed by atoms with Gasteiger partial charge in [0, 0.05) is 20.1 Å². The van der Waals surface area contributed by atoms with E-state index in [9.17, 15) is 8.42 Å². The van der Waals surface area contributed by atoms with E-state index in [1.165, 1.54) is 18.2 Å². The average Bonchev–Trinajstić information content (AvgIpc) is 2.67. The second-order valence-corrected chi connectivity index (χ2v) is 8.19. The van der Waals surface area contributed by atoms with Crippen molar-refractivity contribution in [1.82, 2.24) is 14.9 Å². The van der Waals surface area contributed by atoms with E-state index in [4.69, 9.17) is 0 Å². The Morgan fingerprint density at radius 2 is 1.75 bits per heavy atom. The maximum Gasteiger partial charge on any atom is 0.240 e. The molecule has 2 N–H and O–H groups in total. The monoisotopic (exact) mass is 516 g/mol. The van der Waals surface area contributed by atoms with Gasteiger partial charge in [-0.05, 0) is 49.7 Å². The molecule has 0 amide bonds. The largest absolute Gasteiger partial charge is 0.357 e. The zero-order valence-corrected chi connectivity index (χ0v) is 19.9. The van der Waals surface area contributed by atoms with Gasteiger partial charge >= 0.3 is 0 Å². The van der Waals surface area contributed by atoms with Gasteiger partial charge in [-0.2, -0.15) is 0 Å². The third-order valence-corrected chi connectivity index (χ3v) is 5.71. The van der Waals surface area contributed by atoms with Crippen LogP contribution < -0.4 is 10.0 Å². The molecular weight excluding hydrogens is 487 g/mol. The maximum absolute atomic E-state index is 11.8. The third-order valence-electron chi connectivity index (χ3n) is 4.28. The summed E-state index contributed by atoms with van der Waals surface area (Å²) in [5.74, 6) is 0.813. The van der Waals surface area contributed by atoms with Gasteiger partial charge in [-0.1, -0.05) is 36.4 Å². The predicted octanol–water partition coefficient (Wildman–Crippen LogP) is 3.12. The number of hydrogen-bond donors (Lipinski definition) is 2. The van der Waals surface area contributed by atoms with Gasteiger partial charge in [-0.15, -0.1) is 24.0 Å². The van der Waals surface area contributed by atoms with E-state index in [0.717, 1.165) is 24.6 Å². The number of nitrogens with one attached hydrogen (secondary N) is 2. The van der Waals surface area contributed by atoms with Crippen LogP contribution in [-0.2, 0) is 23.1 Å². The first-order chi connectivity index (χ1) is 12.9. The van der Waals surface area contributed by atoms with Crippen LogP contribution in [0.25, 0.3) is 0 Å². The van der Waals surface area contributed by atoms with E-state index in [2.05, 4.69) is 39.0 Å². The van der Waals surface area contributed by atoms with Gasteiger partial charge in [0.25, 0.3) is 0 Å². The zero-order valence-electron chi connectivity index (χ0n) is 16.8. The Morgan fingerprint density at radius 1 is 1.11 bits per heavy atom. The highest BCUT2D eigenvalue weighted by Gasteiger charge is 2.11. The molecule has 8 heteroatoms. The lowest BCUT2D eigenvalue weighted by Gasteiger charge is -2.23.